The Morgan fingerprint density at radius 2 is 1.76 bits per heavy atom. The predicted octanol–water partition coefficient (Wildman–Crippen LogP) is 6.89. The van der Waals surface area contributed by atoms with Crippen molar-refractivity contribution in [1.29, 1.82) is 5.26 Å². The van der Waals surface area contributed by atoms with Crippen LogP contribution in [0.1, 0.15) is 112 Å². The van der Waals surface area contributed by atoms with Gasteiger partial charge in [-0.25, -0.2) is 0 Å². The van der Waals surface area contributed by atoms with Gasteiger partial charge in [0.2, 0.25) is 0 Å². The second kappa shape index (κ2) is 10.7. The molecule has 4 saturated carbocycles. The summed E-state index contributed by atoms with van der Waals surface area (Å²) in [6.45, 7) is 13.2. The molecule has 4 aliphatic rings. The quantitative estimate of drug-likeness (QED) is 0.242. The molecule has 10 atom stereocenters. The Bertz CT molecular complexity index is 1040. The molecule has 0 saturated heterocycles. The highest BCUT2D eigenvalue weighted by Gasteiger charge is 2.71. The molecular weight excluding hydrogens is 498 g/mol. The molecule has 0 amide bonds. The van der Waals surface area contributed by atoms with E-state index in [9.17, 15) is 18.5 Å². The zero-order chi connectivity index (χ0) is 28.1. The maximum absolute atomic E-state index is 12.6. The molecule has 6 nitrogen and oxygen atoms in total. The molecular formula is C31H51NO5S. The lowest BCUT2D eigenvalue weighted by Gasteiger charge is -2.66. The summed E-state index contributed by atoms with van der Waals surface area (Å²) in [5.74, 6) is 1.93. The molecule has 4 aliphatic carbocycles. The molecule has 0 N–H and O–H groups in total. The van der Waals surface area contributed by atoms with Crippen LogP contribution in [-0.4, -0.2) is 32.9 Å². The maximum atomic E-state index is 12.6. The first-order valence-corrected chi connectivity index (χ1v) is 16.9. The van der Waals surface area contributed by atoms with E-state index in [0.717, 1.165) is 50.7 Å². The van der Waals surface area contributed by atoms with E-state index >= 15 is 0 Å². The Kier molecular flexibility index (Phi) is 8.40. The largest absolute Gasteiger partial charge is 0.463 e. The highest BCUT2D eigenvalue weighted by atomic mass is 32.2. The van der Waals surface area contributed by atoms with Crippen molar-refractivity contribution in [3.63, 3.8) is 0 Å². The number of nitriles is 1. The van der Waals surface area contributed by atoms with E-state index < -0.39 is 21.6 Å². The molecule has 0 aromatic carbocycles. The van der Waals surface area contributed by atoms with Gasteiger partial charge in [-0.15, -0.1) is 0 Å². The van der Waals surface area contributed by atoms with Crippen LogP contribution in [0.5, 0.6) is 0 Å². The number of ether oxygens (including phenoxy) is 1. The predicted molar refractivity (Wildman–Crippen MR) is 148 cm³/mol. The van der Waals surface area contributed by atoms with Gasteiger partial charge in [-0.05, 0) is 91.8 Å². The molecule has 4 rings (SSSR count). The summed E-state index contributed by atoms with van der Waals surface area (Å²) in [6.07, 6.45) is 11.1. The standard InChI is InChI=1S/C31H51NO5S/c1-20(2)9-8-10-21(3)25-11-12-26-28-27(37-38(7,34)35)18-23-17-24(36-22(4)33)13-14-30(23,6)31(28,19-32)16-15-29(25,26)5/h20-21,23-28H,8-18H2,1-7H3/t21-,23-,24+,25-,26+,27-,28-,29-,30+,31-/m1/s1. The zero-order valence-electron chi connectivity index (χ0n) is 24.8. The van der Waals surface area contributed by atoms with Crippen LogP contribution in [0.2, 0.25) is 0 Å². The molecule has 4 fully saturated rings. The number of hydrogen-bond donors (Lipinski definition) is 0. The fraction of sp³-hybridized carbons (Fsp3) is 0.935. The van der Waals surface area contributed by atoms with E-state index in [-0.39, 0.29) is 40.7 Å². The van der Waals surface area contributed by atoms with Crippen LogP contribution in [0.15, 0.2) is 0 Å². The van der Waals surface area contributed by atoms with Gasteiger partial charge in [0.05, 0.1) is 23.8 Å². The van der Waals surface area contributed by atoms with Gasteiger partial charge >= 0.3 is 5.97 Å². The Balaban J connectivity index is 1.69. The molecule has 216 valence electrons. The van der Waals surface area contributed by atoms with Gasteiger partial charge in [-0.1, -0.05) is 53.9 Å². The van der Waals surface area contributed by atoms with Crippen LogP contribution in [0.4, 0.5) is 0 Å². The number of carbonyl (C=O) groups is 1. The summed E-state index contributed by atoms with van der Waals surface area (Å²) >= 11 is 0. The van der Waals surface area contributed by atoms with Gasteiger partial charge in [0, 0.05) is 12.8 Å². The lowest BCUT2D eigenvalue weighted by Crippen LogP contribution is -2.65. The minimum atomic E-state index is -3.69. The topological polar surface area (TPSA) is 93.5 Å². The van der Waals surface area contributed by atoms with E-state index in [4.69, 9.17) is 8.92 Å². The van der Waals surface area contributed by atoms with Gasteiger partial charge in [-0.2, -0.15) is 13.7 Å². The fourth-order valence-electron chi connectivity index (χ4n) is 10.1. The normalized spacial score (nSPS) is 43.4. The third kappa shape index (κ3) is 5.18. The number of nitrogens with zero attached hydrogens (tertiary/aromatic N) is 1. The molecule has 0 spiro atoms. The maximum Gasteiger partial charge on any atom is 0.302 e. The molecule has 0 aromatic rings. The van der Waals surface area contributed by atoms with E-state index in [0.29, 0.717) is 24.7 Å². The second-order valence-electron chi connectivity index (χ2n) is 14.4. The smallest absolute Gasteiger partial charge is 0.302 e. The number of rotatable bonds is 8. The molecule has 0 aromatic heterocycles. The van der Waals surface area contributed by atoms with Gasteiger partial charge in [-0.3, -0.25) is 8.98 Å². The Hall–Kier alpha value is -1.13. The summed E-state index contributed by atoms with van der Waals surface area (Å²) in [5.41, 5.74) is -0.783. The third-order valence-corrected chi connectivity index (χ3v) is 12.5. The summed E-state index contributed by atoms with van der Waals surface area (Å²) in [7, 11) is -3.69. The van der Waals surface area contributed by atoms with Crippen molar-refractivity contribution in [3.05, 3.63) is 0 Å². The lowest BCUT2D eigenvalue weighted by atomic mass is 9.37. The minimum Gasteiger partial charge on any atom is -0.463 e. The van der Waals surface area contributed by atoms with Crippen molar-refractivity contribution in [3.8, 4) is 6.07 Å². The summed E-state index contributed by atoms with van der Waals surface area (Å²) < 4.78 is 36.7. The van der Waals surface area contributed by atoms with Crippen LogP contribution in [0, 0.1) is 63.1 Å². The first kappa shape index (κ1) is 29.8. The zero-order valence-corrected chi connectivity index (χ0v) is 25.6. The van der Waals surface area contributed by atoms with E-state index in [1.54, 1.807) is 0 Å². The summed E-state index contributed by atoms with van der Waals surface area (Å²) in [5, 5.41) is 11.0. The van der Waals surface area contributed by atoms with Crippen LogP contribution in [0.25, 0.3) is 0 Å². The van der Waals surface area contributed by atoms with Crippen molar-refractivity contribution in [1.82, 2.24) is 0 Å². The fourth-order valence-corrected chi connectivity index (χ4v) is 10.8. The highest BCUT2D eigenvalue weighted by molar-refractivity contribution is 7.86. The number of hydrogen-bond acceptors (Lipinski definition) is 6. The Morgan fingerprint density at radius 1 is 1.05 bits per heavy atom. The van der Waals surface area contributed by atoms with Crippen molar-refractivity contribution >= 4 is 16.1 Å². The van der Waals surface area contributed by atoms with Crippen LogP contribution in [-0.2, 0) is 23.8 Å². The summed E-state index contributed by atoms with van der Waals surface area (Å²) in [6, 6.07) is 2.87. The Labute approximate surface area is 231 Å². The van der Waals surface area contributed by atoms with Gasteiger partial charge in [0.15, 0.2) is 0 Å². The van der Waals surface area contributed by atoms with Crippen molar-refractivity contribution in [2.24, 2.45) is 51.8 Å². The highest BCUT2D eigenvalue weighted by Crippen LogP contribution is 2.73. The van der Waals surface area contributed by atoms with E-state index in [1.165, 1.54) is 26.2 Å². The average molecular weight is 550 g/mol. The molecule has 0 unspecified atom stereocenters. The molecule has 38 heavy (non-hydrogen) atoms. The second-order valence-corrected chi connectivity index (χ2v) is 16.0. The van der Waals surface area contributed by atoms with Crippen LogP contribution >= 0.6 is 0 Å². The number of fused-ring (bicyclic) bond motifs is 5. The SMILES string of the molecule is CC(=O)O[C@H]1CC[C@@]2(C)[C@H](C1)C[C@@H](OS(C)(=O)=O)[C@H]1[C@@H]3CC[C@H]([C@H](C)CCCC(C)C)[C@@]3(C)CC[C@@]12C#N. The van der Waals surface area contributed by atoms with Crippen molar-refractivity contribution < 1.29 is 22.1 Å². The lowest BCUT2D eigenvalue weighted by molar-refractivity contribution is -0.204. The molecule has 0 bridgehead atoms. The van der Waals surface area contributed by atoms with Crippen molar-refractivity contribution in [2.75, 3.05) is 6.26 Å². The van der Waals surface area contributed by atoms with Crippen molar-refractivity contribution in [2.45, 2.75) is 124 Å². The van der Waals surface area contributed by atoms with E-state index in [1.807, 2.05) is 0 Å². The molecule has 0 heterocycles. The number of carbonyl (C=O) groups excluding carboxylic acids is 1. The molecule has 7 heteroatoms. The van der Waals surface area contributed by atoms with Gasteiger partial charge < -0.3 is 4.74 Å². The van der Waals surface area contributed by atoms with Gasteiger partial charge in [0.1, 0.15) is 6.10 Å². The van der Waals surface area contributed by atoms with Crippen LogP contribution in [0.3, 0.4) is 0 Å². The third-order valence-electron chi connectivity index (χ3n) is 11.9. The molecule has 0 radical (unpaired) electrons. The Morgan fingerprint density at radius 3 is 2.37 bits per heavy atom. The molecule has 0 aliphatic heterocycles. The van der Waals surface area contributed by atoms with Gasteiger partial charge in [0.25, 0.3) is 10.1 Å². The minimum absolute atomic E-state index is 0.0831. The monoisotopic (exact) mass is 549 g/mol. The average Bonchev–Trinajstić information content (AvgIpc) is 3.15. The van der Waals surface area contributed by atoms with Crippen LogP contribution < -0.4 is 0 Å². The first-order valence-electron chi connectivity index (χ1n) is 15.1. The number of esters is 1. The first-order chi connectivity index (χ1) is 17.7. The summed E-state index contributed by atoms with van der Waals surface area (Å²) in [4.78, 5) is 11.7. The van der Waals surface area contributed by atoms with E-state index in [2.05, 4.69) is 40.7 Å².